The first-order chi connectivity index (χ1) is 10.1. The van der Waals surface area contributed by atoms with Gasteiger partial charge in [0.2, 0.25) is 0 Å². The van der Waals surface area contributed by atoms with Gasteiger partial charge in [-0.25, -0.2) is 4.39 Å². The fraction of sp³-hybridized carbons (Fsp3) is 0.333. The minimum absolute atomic E-state index is 0.205. The molecular weight excluding hydrogens is 263 g/mol. The zero-order valence-electron chi connectivity index (χ0n) is 12.8. The molecule has 2 N–H and O–H groups in total. The van der Waals surface area contributed by atoms with Gasteiger partial charge in [0.05, 0.1) is 0 Å². The first-order valence-electron chi connectivity index (χ1n) is 7.37. The summed E-state index contributed by atoms with van der Waals surface area (Å²) in [4.78, 5) is 2.25. The topological polar surface area (TPSA) is 29.3 Å². The van der Waals surface area contributed by atoms with Crippen LogP contribution in [-0.2, 0) is 6.54 Å². The van der Waals surface area contributed by atoms with Gasteiger partial charge < -0.3 is 10.6 Å². The van der Waals surface area contributed by atoms with Crippen molar-refractivity contribution < 1.29 is 4.39 Å². The number of nitrogens with zero attached hydrogens (tertiary/aromatic N) is 1. The molecule has 0 atom stereocenters. The molecule has 2 rings (SSSR count). The van der Waals surface area contributed by atoms with Crippen molar-refractivity contribution in [2.75, 3.05) is 18.0 Å². The molecule has 0 saturated carbocycles. The van der Waals surface area contributed by atoms with Crippen LogP contribution in [0, 0.1) is 19.7 Å². The molecule has 0 fully saturated rings. The van der Waals surface area contributed by atoms with E-state index in [-0.39, 0.29) is 5.82 Å². The maximum atomic E-state index is 13.1. The Morgan fingerprint density at radius 1 is 1.00 bits per heavy atom. The van der Waals surface area contributed by atoms with Crippen LogP contribution in [0.15, 0.2) is 42.5 Å². The average molecular weight is 286 g/mol. The standard InChI is InChI=1S/C18H23FN2/c1-14-4-5-16(12-15(14)2)13-21(11-3-10-20)18-8-6-17(19)7-9-18/h4-9,12H,3,10-11,13,20H2,1-2H3. The van der Waals surface area contributed by atoms with E-state index in [0.717, 1.165) is 25.2 Å². The number of halogens is 1. The highest BCUT2D eigenvalue weighted by Crippen LogP contribution is 2.19. The minimum atomic E-state index is -0.205. The maximum Gasteiger partial charge on any atom is 0.123 e. The summed E-state index contributed by atoms with van der Waals surface area (Å²) in [6, 6.07) is 13.2. The lowest BCUT2D eigenvalue weighted by molar-refractivity contribution is 0.627. The highest BCUT2D eigenvalue weighted by Gasteiger charge is 2.08. The number of anilines is 1. The van der Waals surface area contributed by atoms with Crippen LogP contribution in [0.1, 0.15) is 23.1 Å². The van der Waals surface area contributed by atoms with Crippen molar-refractivity contribution in [2.45, 2.75) is 26.8 Å². The number of hydrogen-bond donors (Lipinski definition) is 1. The predicted molar refractivity (Wildman–Crippen MR) is 87.0 cm³/mol. The Balaban J connectivity index is 2.19. The van der Waals surface area contributed by atoms with E-state index in [2.05, 4.69) is 36.9 Å². The molecule has 0 unspecified atom stereocenters. The van der Waals surface area contributed by atoms with Gasteiger partial charge in [-0.2, -0.15) is 0 Å². The van der Waals surface area contributed by atoms with E-state index in [0.29, 0.717) is 6.54 Å². The van der Waals surface area contributed by atoms with Crippen molar-refractivity contribution >= 4 is 5.69 Å². The van der Waals surface area contributed by atoms with Crippen LogP contribution in [0.5, 0.6) is 0 Å². The van der Waals surface area contributed by atoms with Crippen molar-refractivity contribution in [2.24, 2.45) is 5.73 Å². The molecule has 0 aliphatic carbocycles. The third-order valence-corrected chi connectivity index (χ3v) is 3.77. The normalized spacial score (nSPS) is 10.7. The predicted octanol–water partition coefficient (Wildman–Crippen LogP) is 3.80. The van der Waals surface area contributed by atoms with Crippen LogP contribution >= 0.6 is 0 Å². The molecule has 0 aromatic heterocycles. The molecule has 3 heteroatoms. The van der Waals surface area contributed by atoms with E-state index >= 15 is 0 Å². The molecule has 0 aliphatic rings. The second-order valence-corrected chi connectivity index (χ2v) is 5.46. The van der Waals surface area contributed by atoms with Crippen LogP contribution in [0.25, 0.3) is 0 Å². The Kier molecular flexibility index (Phi) is 5.34. The second-order valence-electron chi connectivity index (χ2n) is 5.46. The Morgan fingerprint density at radius 3 is 2.33 bits per heavy atom. The summed E-state index contributed by atoms with van der Waals surface area (Å²) >= 11 is 0. The molecule has 0 saturated heterocycles. The summed E-state index contributed by atoms with van der Waals surface area (Å²) < 4.78 is 13.1. The van der Waals surface area contributed by atoms with Gasteiger partial charge in [-0.3, -0.25) is 0 Å². The van der Waals surface area contributed by atoms with Gasteiger partial charge in [-0.15, -0.1) is 0 Å². The summed E-state index contributed by atoms with van der Waals surface area (Å²) in [5, 5.41) is 0. The van der Waals surface area contributed by atoms with Gasteiger partial charge in [0.15, 0.2) is 0 Å². The van der Waals surface area contributed by atoms with E-state index in [4.69, 9.17) is 5.73 Å². The van der Waals surface area contributed by atoms with E-state index in [1.54, 1.807) is 0 Å². The van der Waals surface area contributed by atoms with Crippen LogP contribution in [0.2, 0.25) is 0 Å². The van der Waals surface area contributed by atoms with Crippen LogP contribution in [0.4, 0.5) is 10.1 Å². The third kappa shape index (κ3) is 4.30. The summed E-state index contributed by atoms with van der Waals surface area (Å²) in [5.74, 6) is -0.205. The Hall–Kier alpha value is -1.87. The zero-order valence-corrected chi connectivity index (χ0v) is 12.8. The van der Waals surface area contributed by atoms with Crippen molar-refractivity contribution in [3.63, 3.8) is 0 Å². The molecule has 0 heterocycles. The molecule has 2 nitrogen and oxygen atoms in total. The fourth-order valence-corrected chi connectivity index (χ4v) is 2.36. The van der Waals surface area contributed by atoms with Crippen LogP contribution < -0.4 is 10.6 Å². The van der Waals surface area contributed by atoms with Crippen LogP contribution in [-0.4, -0.2) is 13.1 Å². The molecule has 112 valence electrons. The van der Waals surface area contributed by atoms with Gasteiger partial charge in [0, 0.05) is 18.8 Å². The van der Waals surface area contributed by atoms with Gasteiger partial charge in [-0.1, -0.05) is 18.2 Å². The van der Waals surface area contributed by atoms with E-state index in [1.165, 1.54) is 28.8 Å². The summed E-state index contributed by atoms with van der Waals surface area (Å²) in [6.45, 7) is 6.58. The number of rotatable bonds is 6. The fourth-order valence-electron chi connectivity index (χ4n) is 2.36. The molecule has 0 amide bonds. The lowest BCUT2D eigenvalue weighted by Crippen LogP contribution is -2.25. The number of nitrogens with two attached hydrogens (primary N) is 1. The number of aryl methyl sites for hydroxylation is 2. The molecule has 2 aromatic carbocycles. The smallest absolute Gasteiger partial charge is 0.123 e. The molecule has 0 radical (unpaired) electrons. The Labute approximate surface area is 126 Å². The maximum absolute atomic E-state index is 13.1. The van der Waals surface area contributed by atoms with E-state index in [9.17, 15) is 4.39 Å². The zero-order chi connectivity index (χ0) is 15.2. The largest absolute Gasteiger partial charge is 0.367 e. The summed E-state index contributed by atoms with van der Waals surface area (Å²) in [7, 11) is 0. The first-order valence-corrected chi connectivity index (χ1v) is 7.37. The van der Waals surface area contributed by atoms with Crippen LogP contribution in [0.3, 0.4) is 0 Å². The number of hydrogen-bond acceptors (Lipinski definition) is 2. The first kappa shape index (κ1) is 15.5. The highest BCUT2D eigenvalue weighted by atomic mass is 19.1. The molecule has 2 aromatic rings. The van der Waals surface area contributed by atoms with Crippen molar-refractivity contribution in [3.8, 4) is 0 Å². The minimum Gasteiger partial charge on any atom is -0.367 e. The summed E-state index contributed by atoms with van der Waals surface area (Å²) in [5.41, 5.74) is 10.5. The van der Waals surface area contributed by atoms with Gasteiger partial charge >= 0.3 is 0 Å². The van der Waals surface area contributed by atoms with E-state index < -0.39 is 0 Å². The third-order valence-electron chi connectivity index (χ3n) is 3.77. The Morgan fingerprint density at radius 2 is 1.71 bits per heavy atom. The molecular formula is C18H23FN2. The van der Waals surface area contributed by atoms with E-state index in [1.807, 2.05) is 12.1 Å². The van der Waals surface area contributed by atoms with Gasteiger partial charge in [0.1, 0.15) is 5.82 Å². The monoisotopic (exact) mass is 286 g/mol. The quantitative estimate of drug-likeness (QED) is 0.875. The molecule has 0 spiro atoms. The second kappa shape index (κ2) is 7.23. The highest BCUT2D eigenvalue weighted by molar-refractivity contribution is 5.47. The van der Waals surface area contributed by atoms with Gasteiger partial charge in [0.25, 0.3) is 0 Å². The Bertz CT molecular complexity index is 578. The van der Waals surface area contributed by atoms with Crippen molar-refractivity contribution in [1.82, 2.24) is 0 Å². The lowest BCUT2D eigenvalue weighted by atomic mass is 10.1. The molecule has 21 heavy (non-hydrogen) atoms. The SMILES string of the molecule is Cc1ccc(CN(CCCN)c2ccc(F)cc2)cc1C. The molecule has 0 aliphatic heterocycles. The number of benzene rings is 2. The average Bonchev–Trinajstić information content (AvgIpc) is 2.48. The van der Waals surface area contributed by atoms with Crippen molar-refractivity contribution in [3.05, 3.63) is 65.0 Å². The van der Waals surface area contributed by atoms with Gasteiger partial charge in [-0.05, 0) is 67.8 Å². The van der Waals surface area contributed by atoms with Crippen molar-refractivity contribution in [1.29, 1.82) is 0 Å². The molecule has 0 bridgehead atoms. The summed E-state index contributed by atoms with van der Waals surface area (Å²) in [6.07, 6.45) is 0.919. The lowest BCUT2D eigenvalue weighted by Gasteiger charge is -2.25.